The van der Waals surface area contributed by atoms with E-state index < -0.39 is 15.9 Å². The third-order valence-electron chi connectivity index (χ3n) is 3.99. The maximum absolute atomic E-state index is 12.7. The maximum Gasteiger partial charge on any atom is 0.300 e. The number of furan rings is 1. The van der Waals surface area contributed by atoms with Gasteiger partial charge in [0, 0.05) is 16.5 Å². The zero-order chi connectivity index (χ0) is 18.3. The number of benzene rings is 2. The van der Waals surface area contributed by atoms with E-state index in [9.17, 15) is 13.2 Å². The van der Waals surface area contributed by atoms with E-state index >= 15 is 0 Å². The first-order valence-corrected chi connectivity index (χ1v) is 9.34. The van der Waals surface area contributed by atoms with Crippen LogP contribution in [0.2, 0.25) is 0 Å². The van der Waals surface area contributed by atoms with Crippen molar-refractivity contribution in [3.63, 3.8) is 0 Å². The van der Waals surface area contributed by atoms with Gasteiger partial charge in [-0.15, -0.1) is 0 Å². The average molecular weight is 366 g/mol. The molecule has 0 radical (unpaired) electrons. The molecule has 0 unspecified atom stereocenters. The van der Waals surface area contributed by atoms with Crippen LogP contribution in [0.1, 0.15) is 16.2 Å². The molecule has 1 amide bonds. The van der Waals surface area contributed by atoms with E-state index in [0.717, 1.165) is 5.39 Å². The summed E-state index contributed by atoms with van der Waals surface area (Å²) in [6, 6.07) is 17.0. The number of hydrogen-bond donors (Lipinski definition) is 1. The molecule has 130 valence electrons. The fourth-order valence-corrected chi connectivity index (χ4v) is 3.89. The monoisotopic (exact) mass is 366 g/mol. The highest BCUT2D eigenvalue weighted by molar-refractivity contribution is 7.90. The highest BCUT2D eigenvalue weighted by Crippen LogP contribution is 2.23. The number of carbonyl (C=O) groups is 1. The Morgan fingerprint density at radius 1 is 1.00 bits per heavy atom. The Morgan fingerprint density at radius 3 is 2.58 bits per heavy atom. The van der Waals surface area contributed by atoms with Crippen molar-refractivity contribution < 1.29 is 17.6 Å². The van der Waals surface area contributed by atoms with E-state index in [-0.39, 0.29) is 10.7 Å². The SMILES string of the molecule is Cc1ccc2cccc(S(=O)(=O)NC(=O)c3cc4ccccc4o3)c2n1. The summed E-state index contributed by atoms with van der Waals surface area (Å²) in [6.45, 7) is 1.77. The van der Waals surface area contributed by atoms with E-state index in [4.69, 9.17) is 4.42 Å². The zero-order valence-corrected chi connectivity index (χ0v) is 14.6. The van der Waals surface area contributed by atoms with Gasteiger partial charge in [0.2, 0.25) is 0 Å². The van der Waals surface area contributed by atoms with Gasteiger partial charge in [-0.1, -0.05) is 36.4 Å². The Morgan fingerprint density at radius 2 is 1.77 bits per heavy atom. The van der Waals surface area contributed by atoms with Crippen LogP contribution in [-0.2, 0) is 10.0 Å². The maximum atomic E-state index is 12.7. The van der Waals surface area contributed by atoms with Crippen LogP contribution >= 0.6 is 0 Å². The van der Waals surface area contributed by atoms with Gasteiger partial charge in [0.1, 0.15) is 10.5 Å². The molecule has 0 atom stereocenters. The van der Waals surface area contributed by atoms with Gasteiger partial charge in [-0.2, -0.15) is 0 Å². The Hall–Kier alpha value is -3.19. The number of rotatable bonds is 3. The van der Waals surface area contributed by atoms with Gasteiger partial charge < -0.3 is 4.42 Å². The molecule has 4 aromatic rings. The molecule has 0 saturated heterocycles. The molecule has 26 heavy (non-hydrogen) atoms. The number of hydrogen-bond acceptors (Lipinski definition) is 5. The number of aryl methyl sites for hydroxylation is 1. The largest absolute Gasteiger partial charge is 0.451 e. The van der Waals surface area contributed by atoms with Crippen LogP contribution in [0.5, 0.6) is 0 Å². The average Bonchev–Trinajstić information content (AvgIpc) is 3.05. The summed E-state index contributed by atoms with van der Waals surface area (Å²) >= 11 is 0. The fraction of sp³-hybridized carbons (Fsp3) is 0.0526. The molecule has 2 aromatic heterocycles. The second kappa shape index (κ2) is 5.96. The molecule has 4 rings (SSSR count). The molecule has 0 aliphatic heterocycles. The molecule has 0 aliphatic rings. The van der Waals surface area contributed by atoms with Crippen molar-refractivity contribution in [2.75, 3.05) is 0 Å². The number of sulfonamides is 1. The quantitative estimate of drug-likeness (QED) is 0.600. The molecular weight excluding hydrogens is 352 g/mol. The molecule has 6 nitrogen and oxygen atoms in total. The Labute approximate surface area is 149 Å². The molecule has 7 heteroatoms. The topological polar surface area (TPSA) is 89.3 Å². The number of aromatic nitrogens is 1. The van der Waals surface area contributed by atoms with E-state index in [1.54, 1.807) is 55.5 Å². The Bertz CT molecular complexity index is 1230. The fourth-order valence-electron chi connectivity index (χ4n) is 2.76. The summed E-state index contributed by atoms with van der Waals surface area (Å²) in [4.78, 5) is 16.7. The molecule has 0 aliphatic carbocycles. The van der Waals surface area contributed by atoms with Gasteiger partial charge in [0.25, 0.3) is 10.0 Å². The van der Waals surface area contributed by atoms with E-state index in [1.165, 1.54) is 12.1 Å². The van der Waals surface area contributed by atoms with Crippen molar-refractivity contribution in [1.29, 1.82) is 0 Å². The standard InChI is InChI=1S/C19H14N2O4S/c1-12-9-10-13-6-4-8-17(18(13)20-12)26(23,24)21-19(22)16-11-14-5-2-3-7-15(14)25-16/h2-11H,1H3,(H,21,22). The first-order chi connectivity index (χ1) is 12.4. The normalized spacial score (nSPS) is 11.7. The summed E-state index contributed by atoms with van der Waals surface area (Å²) in [7, 11) is -4.11. The third-order valence-corrected chi connectivity index (χ3v) is 5.35. The van der Waals surface area contributed by atoms with Gasteiger partial charge in [0.05, 0.1) is 5.52 Å². The van der Waals surface area contributed by atoms with Crippen molar-refractivity contribution in [1.82, 2.24) is 9.71 Å². The Balaban J connectivity index is 1.73. The van der Waals surface area contributed by atoms with Crippen LogP contribution in [0, 0.1) is 6.92 Å². The lowest BCUT2D eigenvalue weighted by Gasteiger charge is -2.08. The lowest BCUT2D eigenvalue weighted by atomic mass is 10.2. The molecule has 2 heterocycles. The van der Waals surface area contributed by atoms with E-state index in [0.29, 0.717) is 22.2 Å². The summed E-state index contributed by atoms with van der Waals surface area (Å²) in [5, 5.41) is 1.40. The van der Waals surface area contributed by atoms with Gasteiger partial charge in [-0.3, -0.25) is 9.78 Å². The summed E-state index contributed by atoms with van der Waals surface area (Å²) < 4.78 is 33.0. The summed E-state index contributed by atoms with van der Waals surface area (Å²) in [5.41, 5.74) is 1.51. The molecule has 0 saturated carbocycles. The van der Waals surface area contributed by atoms with Crippen LogP contribution < -0.4 is 4.72 Å². The van der Waals surface area contributed by atoms with Crippen molar-refractivity contribution in [2.24, 2.45) is 0 Å². The van der Waals surface area contributed by atoms with Gasteiger partial charge in [-0.05, 0) is 31.2 Å². The lowest BCUT2D eigenvalue weighted by Crippen LogP contribution is -2.30. The van der Waals surface area contributed by atoms with Gasteiger partial charge >= 0.3 is 5.91 Å². The van der Waals surface area contributed by atoms with Gasteiger partial charge in [-0.25, -0.2) is 13.1 Å². The van der Waals surface area contributed by atoms with Crippen LogP contribution in [0.4, 0.5) is 0 Å². The summed E-state index contributed by atoms with van der Waals surface area (Å²) in [6.07, 6.45) is 0. The van der Waals surface area contributed by atoms with Crippen LogP contribution in [0.3, 0.4) is 0 Å². The zero-order valence-electron chi connectivity index (χ0n) is 13.8. The smallest absolute Gasteiger partial charge is 0.300 e. The predicted molar refractivity (Wildman–Crippen MR) is 97.3 cm³/mol. The second-order valence-electron chi connectivity index (χ2n) is 5.86. The number of nitrogens with zero attached hydrogens (tertiary/aromatic N) is 1. The van der Waals surface area contributed by atoms with Crippen molar-refractivity contribution >= 4 is 37.8 Å². The Kier molecular flexibility index (Phi) is 3.73. The van der Waals surface area contributed by atoms with Crippen molar-refractivity contribution in [2.45, 2.75) is 11.8 Å². The first-order valence-electron chi connectivity index (χ1n) is 7.86. The second-order valence-corrected chi connectivity index (χ2v) is 7.51. The van der Waals surface area contributed by atoms with Crippen molar-refractivity contribution in [3.8, 4) is 0 Å². The molecular formula is C19H14N2O4S. The minimum absolute atomic E-state index is 0.0526. The predicted octanol–water partition coefficient (Wildman–Crippen LogP) is 3.41. The first kappa shape index (κ1) is 16.3. The van der Waals surface area contributed by atoms with Crippen molar-refractivity contribution in [3.05, 3.63) is 72.1 Å². The number of carbonyl (C=O) groups excluding carboxylic acids is 1. The third kappa shape index (κ3) is 2.82. The number of para-hydroxylation sites is 2. The van der Waals surface area contributed by atoms with E-state index in [2.05, 4.69) is 9.71 Å². The summed E-state index contributed by atoms with van der Waals surface area (Å²) in [5.74, 6) is -0.898. The molecule has 0 bridgehead atoms. The number of pyridine rings is 1. The molecule has 0 fully saturated rings. The molecule has 0 spiro atoms. The van der Waals surface area contributed by atoms with E-state index in [1.807, 2.05) is 0 Å². The lowest BCUT2D eigenvalue weighted by molar-refractivity contribution is 0.0956. The van der Waals surface area contributed by atoms with Crippen LogP contribution in [0.25, 0.3) is 21.9 Å². The number of amides is 1. The minimum Gasteiger partial charge on any atom is -0.451 e. The van der Waals surface area contributed by atoms with Crippen LogP contribution in [-0.4, -0.2) is 19.3 Å². The molecule has 1 N–H and O–H groups in total. The number of fused-ring (bicyclic) bond motifs is 2. The molecule has 2 aromatic carbocycles. The minimum atomic E-state index is -4.11. The van der Waals surface area contributed by atoms with Crippen LogP contribution in [0.15, 0.2) is 70.0 Å². The highest BCUT2D eigenvalue weighted by atomic mass is 32.2. The highest BCUT2D eigenvalue weighted by Gasteiger charge is 2.23. The van der Waals surface area contributed by atoms with Gasteiger partial charge in [0.15, 0.2) is 5.76 Å². The number of nitrogens with one attached hydrogen (secondary N) is 1.